The monoisotopic (exact) mass is 926 g/mol. The Balaban J connectivity index is 1.39. The van der Waals surface area contributed by atoms with Crippen LogP contribution >= 0.6 is 69.7 Å². The number of hydrogen-bond acceptors (Lipinski definition) is 23. The van der Waals surface area contributed by atoms with Crippen LogP contribution in [0.1, 0.15) is 10.0 Å². The lowest BCUT2D eigenvalue weighted by Gasteiger charge is -2.42. The van der Waals surface area contributed by atoms with Crippen LogP contribution in [0, 0.1) is 13.8 Å². The van der Waals surface area contributed by atoms with Crippen LogP contribution in [0.3, 0.4) is 0 Å². The number of nitrogens with zero attached hydrogens (tertiary/aromatic N) is 13. The number of amides is 3. The number of tetrazole rings is 2. The number of carboxylic acids is 3. The van der Waals surface area contributed by atoms with Gasteiger partial charge in [-0.2, -0.15) is 0 Å². The molecule has 312 valence electrons. The molecule has 0 fully saturated rings. The summed E-state index contributed by atoms with van der Waals surface area (Å²) in [6.45, 7) is 2.49. The van der Waals surface area contributed by atoms with Gasteiger partial charge in [0.05, 0.1) is 0 Å². The molecule has 3 amide bonds. The number of aromatic nitrogens is 12. The molecule has 31 heteroatoms. The Labute approximate surface area is 356 Å². The fourth-order valence-electron chi connectivity index (χ4n) is 5.41. The van der Waals surface area contributed by atoms with Crippen molar-refractivity contribution in [2.75, 3.05) is 23.0 Å². The summed E-state index contributed by atoms with van der Waals surface area (Å²) in [5, 5.41) is 75.1. The van der Waals surface area contributed by atoms with Crippen molar-refractivity contribution in [1.82, 2.24) is 81.7 Å². The van der Waals surface area contributed by atoms with E-state index < -0.39 is 77.2 Å². The van der Waals surface area contributed by atoms with Crippen LogP contribution in [0.2, 0.25) is 0 Å². The van der Waals surface area contributed by atoms with Gasteiger partial charge in [-0.3, -0.25) is 19.3 Å². The number of hydrogen-bond donors (Lipinski definition) is 6. The SMILES string of the molecule is Cc1nnc(SCC2=C(C(=O)O)N[C@@H]([C@H](NC(=O)Cn3cnnn3)C(=O)N3C(C(=O)O)=C(CSc4nnc(C)s4)CS[C@@H]3[C@H](NC(=O)Cn3cnnn3)C(=O)O)SC2)s1. The van der Waals surface area contributed by atoms with Crippen molar-refractivity contribution in [3.63, 3.8) is 0 Å². The van der Waals surface area contributed by atoms with Gasteiger partial charge in [-0.05, 0) is 45.8 Å². The van der Waals surface area contributed by atoms with Crippen LogP contribution in [0.4, 0.5) is 0 Å². The molecule has 0 aliphatic carbocycles. The Bertz CT molecular complexity index is 2270. The van der Waals surface area contributed by atoms with Crippen molar-refractivity contribution in [3.8, 4) is 0 Å². The number of carbonyl (C=O) groups is 6. The third kappa shape index (κ3) is 11.1. The molecule has 0 radical (unpaired) electrons. The molecule has 0 saturated heterocycles. The fraction of sp³-hybridized carbons (Fsp3) is 0.429. The fourth-order valence-corrected chi connectivity index (χ4v) is 11.9. The normalized spacial score (nSPS) is 17.9. The Morgan fingerprint density at radius 1 is 0.780 bits per heavy atom. The van der Waals surface area contributed by atoms with E-state index in [-0.39, 0.29) is 34.3 Å². The molecule has 0 spiro atoms. The number of aliphatic carboxylic acids is 3. The molecule has 2 aliphatic rings. The zero-order valence-electron chi connectivity index (χ0n) is 30.3. The smallest absolute Gasteiger partial charge is 0.352 e. The topological polar surface area (TPSA) is 341 Å². The summed E-state index contributed by atoms with van der Waals surface area (Å²) < 4.78 is 3.18. The summed E-state index contributed by atoms with van der Waals surface area (Å²) in [5.41, 5.74) is -0.249. The first-order valence-corrected chi connectivity index (χ1v) is 22.3. The molecule has 6 N–H and O–H groups in total. The first-order valence-electron chi connectivity index (χ1n) is 16.6. The molecule has 59 heavy (non-hydrogen) atoms. The maximum absolute atomic E-state index is 15.2. The molecule has 0 aromatic carbocycles. The van der Waals surface area contributed by atoms with E-state index in [0.717, 1.165) is 62.2 Å². The average Bonchev–Trinajstić information content (AvgIpc) is 4.04. The molecule has 4 aromatic heterocycles. The van der Waals surface area contributed by atoms with Crippen LogP contribution in [-0.4, -0.2) is 163 Å². The number of carbonyl (C=O) groups excluding carboxylic acids is 3. The van der Waals surface area contributed by atoms with Crippen LogP contribution in [0.5, 0.6) is 0 Å². The van der Waals surface area contributed by atoms with Gasteiger partial charge in [-0.25, -0.2) is 23.7 Å². The van der Waals surface area contributed by atoms with E-state index in [4.69, 9.17) is 0 Å². The minimum absolute atomic E-state index is 0.0169. The second kappa shape index (κ2) is 19.7. The lowest BCUT2D eigenvalue weighted by atomic mass is 10.1. The van der Waals surface area contributed by atoms with Gasteiger partial charge in [0.2, 0.25) is 11.8 Å². The minimum Gasteiger partial charge on any atom is -0.480 e. The summed E-state index contributed by atoms with van der Waals surface area (Å²) in [6.07, 6.45) is 2.26. The number of rotatable bonds is 18. The van der Waals surface area contributed by atoms with E-state index in [0.29, 0.717) is 24.3 Å². The first-order chi connectivity index (χ1) is 28.3. The van der Waals surface area contributed by atoms with Gasteiger partial charge in [0, 0.05) is 23.0 Å². The summed E-state index contributed by atoms with van der Waals surface area (Å²) in [5.74, 6) is -7.33. The van der Waals surface area contributed by atoms with Gasteiger partial charge in [-0.1, -0.05) is 46.2 Å². The third-order valence-corrected chi connectivity index (χ3v) is 14.6. The van der Waals surface area contributed by atoms with Gasteiger partial charge in [0.25, 0.3) is 5.91 Å². The summed E-state index contributed by atoms with van der Waals surface area (Å²) in [4.78, 5) is 81.5. The molecule has 6 heterocycles. The van der Waals surface area contributed by atoms with Crippen molar-refractivity contribution < 1.29 is 44.1 Å². The molecule has 0 saturated carbocycles. The molecule has 6 rings (SSSR count). The third-order valence-electron chi connectivity index (χ3n) is 7.89. The highest BCUT2D eigenvalue weighted by atomic mass is 32.2. The van der Waals surface area contributed by atoms with E-state index in [9.17, 15) is 39.3 Å². The van der Waals surface area contributed by atoms with Crippen LogP contribution in [-0.2, 0) is 41.9 Å². The number of aryl methyl sites for hydroxylation is 2. The Morgan fingerprint density at radius 2 is 1.32 bits per heavy atom. The standard InChI is InChI=1S/C28H30N16O9S6/c1-11-34-36-27(58-11)56-6-13-5-54-21(33-17(13)24(48)49)18(31-15(45)3-42-9-29-38-40-42)22(47)44-20(26(52)53)14(8-57-28-37-35-12(2)59-28)7-55-23(44)19(25(50)51)32-16(46)4-43-10-30-39-41-43/h9-10,18-19,21,23,33H,3-8H2,1-2H3,(H,31,45)(H,32,46)(H,48,49)(H,50,51)(H,52,53)/t18-,19-,21+,23+/m0/s1. The van der Waals surface area contributed by atoms with Crippen LogP contribution < -0.4 is 16.0 Å². The van der Waals surface area contributed by atoms with E-state index >= 15 is 4.79 Å². The van der Waals surface area contributed by atoms with Gasteiger partial charge in [-0.15, -0.1) is 54.1 Å². The van der Waals surface area contributed by atoms with Gasteiger partial charge in [0.1, 0.15) is 63.9 Å². The van der Waals surface area contributed by atoms with E-state index in [1.54, 1.807) is 13.8 Å². The molecule has 4 atom stereocenters. The highest BCUT2D eigenvalue weighted by molar-refractivity contribution is 8.02. The Kier molecular flexibility index (Phi) is 14.5. The van der Waals surface area contributed by atoms with Crippen molar-refractivity contribution >= 4 is 105 Å². The molecule has 0 bridgehead atoms. The lowest BCUT2D eigenvalue weighted by Crippen LogP contribution is -2.64. The minimum atomic E-state index is -1.92. The predicted molar refractivity (Wildman–Crippen MR) is 210 cm³/mol. The predicted octanol–water partition coefficient (Wildman–Crippen LogP) is -1.44. The maximum atomic E-state index is 15.2. The summed E-state index contributed by atoms with van der Waals surface area (Å²) in [6, 6.07) is -3.67. The first kappa shape index (κ1) is 43.3. The Morgan fingerprint density at radius 3 is 1.80 bits per heavy atom. The highest BCUT2D eigenvalue weighted by Crippen LogP contribution is 2.38. The summed E-state index contributed by atoms with van der Waals surface area (Å²) >= 11 is 6.89. The quantitative estimate of drug-likeness (QED) is 0.0622. The summed E-state index contributed by atoms with van der Waals surface area (Å²) in [7, 11) is 0. The Hall–Kier alpha value is -5.24. The molecule has 0 unspecified atom stereocenters. The second-order valence-corrected chi connectivity index (χ2v) is 19.1. The largest absolute Gasteiger partial charge is 0.480 e. The van der Waals surface area contributed by atoms with Crippen LogP contribution in [0.15, 0.2) is 43.9 Å². The van der Waals surface area contributed by atoms with Crippen molar-refractivity contribution in [2.24, 2.45) is 0 Å². The molecular weight excluding hydrogens is 897 g/mol. The molecule has 4 aromatic rings. The van der Waals surface area contributed by atoms with Gasteiger partial charge >= 0.3 is 17.9 Å². The maximum Gasteiger partial charge on any atom is 0.352 e. The zero-order chi connectivity index (χ0) is 42.2. The van der Waals surface area contributed by atoms with Crippen LogP contribution in [0.25, 0.3) is 0 Å². The highest BCUT2D eigenvalue weighted by Gasteiger charge is 2.48. The van der Waals surface area contributed by atoms with Gasteiger partial charge in [0.15, 0.2) is 14.7 Å². The number of thioether (sulfide) groups is 4. The van der Waals surface area contributed by atoms with E-state index in [1.807, 2.05) is 0 Å². The van der Waals surface area contributed by atoms with Crippen molar-refractivity contribution in [3.05, 3.63) is 45.2 Å². The second-order valence-electron chi connectivity index (χ2n) is 12.0. The van der Waals surface area contributed by atoms with E-state index in [2.05, 4.69) is 67.4 Å². The molecular formula is C28H30N16O9S6. The zero-order valence-corrected chi connectivity index (χ0v) is 35.2. The van der Waals surface area contributed by atoms with Crippen molar-refractivity contribution in [1.29, 1.82) is 0 Å². The van der Waals surface area contributed by atoms with Gasteiger partial charge < -0.3 is 31.3 Å². The average molecular weight is 927 g/mol. The number of carboxylic acid groups (broad SMARTS) is 3. The lowest BCUT2D eigenvalue weighted by molar-refractivity contribution is -0.147. The van der Waals surface area contributed by atoms with Crippen molar-refractivity contribution in [2.45, 2.75) is 58.4 Å². The molecule has 2 aliphatic heterocycles. The van der Waals surface area contributed by atoms with E-state index in [1.165, 1.54) is 34.4 Å². The number of nitrogens with one attached hydrogen (secondary N) is 3. The molecule has 25 nitrogen and oxygen atoms in total.